The average molecular weight is 269 g/mol. The van der Waals surface area contributed by atoms with Gasteiger partial charge in [-0.2, -0.15) is 0 Å². The molecule has 1 atom stereocenters. The zero-order valence-corrected chi connectivity index (χ0v) is 12.2. The van der Waals surface area contributed by atoms with Gasteiger partial charge in [-0.1, -0.05) is 0 Å². The first-order chi connectivity index (χ1) is 8.71. The fourth-order valence-electron chi connectivity index (χ4n) is 2.62. The SMILES string of the molecule is CN1CC2(CCN(C(=O)OC(C)(C)C)C2)NCC1=O. The molecule has 2 fully saturated rings. The monoisotopic (exact) mass is 269 g/mol. The lowest BCUT2D eigenvalue weighted by Gasteiger charge is -2.39. The molecule has 0 bridgehead atoms. The Morgan fingerprint density at radius 1 is 1.37 bits per heavy atom. The first-order valence-electron chi connectivity index (χ1n) is 6.68. The van der Waals surface area contributed by atoms with Crippen LogP contribution in [-0.4, -0.2) is 66.2 Å². The minimum absolute atomic E-state index is 0.0985. The molecule has 0 aromatic heterocycles. The summed E-state index contributed by atoms with van der Waals surface area (Å²) in [5.41, 5.74) is -0.640. The first kappa shape index (κ1) is 14.1. The lowest BCUT2D eigenvalue weighted by Crippen LogP contribution is -2.63. The Morgan fingerprint density at radius 2 is 2.05 bits per heavy atom. The van der Waals surface area contributed by atoms with E-state index in [1.807, 2.05) is 20.8 Å². The van der Waals surface area contributed by atoms with Crippen molar-refractivity contribution in [3.63, 3.8) is 0 Å². The van der Waals surface area contributed by atoms with E-state index in [1.165, 1.54) is 0 Å². The molecule has 0 saturated carbocycles. The van der Waals surface area contributed by atoms with E-state index in [4.69, 9.17) is 4.74 Å². The number of ether oxygens (including phenoxy) is 1. The van der Waals surface area contributed by atoms with Crippen molar-refractivity contribution in [3.8, 4) is 0 Å². The van der Waals surface area contributed by atoms with E-state index in [-0.39, 0.29) is 17.5 Å². The van der Waals surface area contributed by atoms with Gasteiger partial charge in [-0.3, -0.25) is 10.1 Å². The van der Waals surface area contributed by atoms with Gasteiger partial charge in [0.1, 0.15) is 5.60 Å². The number of nitrogens with zero attached hydrogens (tertiary/aromatic N) is 2. The van der Waals surface area contributed by atoms with Crippen LogP contribution in [0.4, 0.5) is 4.79 Å². The van der Waals surface area contributed by atoms with Crippen LogP contribution in [0, 0.1) is 0 Å². The molecule has 0 aromatic rings. The quantitative estimate of drug-likeness (QED) is 0.692. The second-order valence-corrected chi connectivity index (χ2v) is 6.54. The Balaban J connectivity index is 1.96. The number of nitrogens with one attached hydrogen (secondary N) is 1. The van der Waals surface area contributed by atoms with E-state index >= 15 is 0 Å². The van der Waals surface area contributed by atoms with Crippen LogP contribution in [0.1, 0.15) is 27.2 Å². The molecule has 2 amide bonds. The number of rotatable bonds is 0. The topological polar surface area (TPSA) is 61.9 Å². The van der Waals surface area contributed by atoms with Crippen LogP contribution in [0.3, 0.4) is 0 Å². The molecule has 1 N–H and O–H groups in total. The molecule has 6 nitrogen and oxygen atoms in total. The van der Waals surface area contributed by atoms with Crippen LogP contribution in [0.25, 0.3) is 0 Å². The van der Waals surface area contributed by atoms with Crippen LogP contribution < -0.4 is 5.32 Å². The fourth-order valence-corrected chi connectivity index (χ4v) is 2.62. The summed E-state index contributed by atoms with van der Waals surface area (Å²) in [7, 11) is 1.81. The lowest BCUT2D eigenvalue weighted by atomic mass is 9.95. The number of carbonyl (C=O) groups excluding carboxylic acids is 2. The van der Waals surface area contributed by atoms with Gasteiger partial charge in [-0.05, 0) is 27.2 Å². The maximum Gasteiger partial charge on any atom is 0.410 e. The summed E-state index contributed by atoms with van der Waals surface area (Å²) in [6.07, 6.45) is 0.579. The summed E-state index contributed by atoms with van der Waals surface area (Å²) in [6, 6.07) is 0. The molecule has 0 radical (unpaired) electrons. The molecule has 2 saturated heterocycles. The highest BCUT2D eigenvalue weighted by molar-refractivity contribution is 5.79. The molecule has 1 unspecified atom stereocenters. The molecule has 2 aliphatic rings. The number of carbonyl (C=O) groups is 2. The molecule has 19 heavy (non-hydrogen) atoms. The van der Waals surface area contributed by atoms with Gasteiger partial charge in [-0.15, -0.1) is 0 Å². The largest absolute Gasteiger partial charge is 0.444 e. The van der Waals surface area contributed by atoms with E-state index in [9.17, 15) is 9.59 Å². The Labute approximate surface area is 114 Å². The molecule has 0 aromatic carbocycles. The molecular weight excluding hydrogens is 246 g/mol. The highest BCUT2D eigenvalue weighted by Gasteiger charge is 2.44. The zero-order chi connectivity index (χ0) is 14.3. The summed E-state index contributed by atoms with van der Waals surface area (Å²) in [5, 5.41) is 3.28. The van der Waals surface area contributed by atoms with Gasteiger partial charge in [0.25, 0.3) is 0 Å². The minimum atomic E-state index is -0.473. The van der Waals surface area contributed by atoms with Crippen molar-refractivity contribution < 1.29 is 14.3 Å². The maximum absolute atomic E-state index is 12.0. The number of likely N-dealkylation sites (N-methyl/N-ethyl adjacent to an activating group) is 1. The fraction of sp³-hybridized carbons (Fsp3) is 0.846. The number of likely N-dealkylation sites (tertiary alicyclic amines) is 1. The molecule has 2 heterocycles. The number of hydrogen-bond donors (Lipinski definition) is 1. The van der Waals surface area contributed by atoms with Gasteiger partial charge in [0.15, 0.2) is 0 Å². The minimum Gasteiger partial charge on any atom is -0.444 e. The summed E-state index contributed by atoms with van der Waals surface area (Å²) < 4.78 is 5.38. The van der Waals surface area contributed by atoms with E-state index in [1.54, 1.807) is 16.8 Å². The van der Waals surface area contributed by atoms with Crippen LogP contribution in [0.15, 0.2) is 0 Å². The van der Waals surface area contributed by atoms with Crippen LogP contribution in [0.5, 0.6) is 0 Å². The highest BCUT2D eigenvalue weighted by atomic mass is 16.6. The molecule has 108 valence electrons. The Kier molecular flexibility index (Phi) is 3.47. The van der Waals surface area contributed by atoms with Crippen molar-refractivity contribution in [3.05, 3.63) is 0 Å². The van der Waals surface area contributed by atoms with Gasteiger partial charge >= 0.3 is 6.09 Å². The number of piperazine rings is 1. The van der Waals surface area contributed by atoms with E-state index in [0.29, 0.717) is 26.2 Å². The van der Waals surface area contributed by atoms with Crippen LogP contribution in [0.2, 0.25) is 0 Å². The molecule has 2 rings (SSSR count). The normalized spacial score (nSPS) is 28.1. The summed E-state index contributed by atoms with van der Waals surface area (Å²) in [4.78, 5) is 27.0. The first-order valence-corrected chi connectivity index (χ1v) is 6.68. The van der Waals surface area contributed by atoms with Crippen molar-refractivity contribution in [1.29, 1.82) is 0 Å². The number of amides is 2. The van der Waals surface area contributed by atoms with Crippen LogP contribution in [-0.2, 0) is 9.53 Å². The average Bonchev–Trinajstić information content (AvgIpc) is 2.66. The summed E-state index contributed by atoms with van der Waals surface area (Å²) in [6.45, 7) is 7.85. The maximum atomic E-state index is 12.0. The Bertz CT molecular complexity index is 391. The van der Waals surface area contributed by atoms with Gasteiger partial charge < -0.3 is 14.5 Å². The third-order valence-electron chi connectivity index (χ3n) is 3.59. The third-order valence-corrected chi connectivity index (χ3v) is 3.59. The van der Waals surface area contributed by atoms with Crippen LogP contribution >= 0.6 is 0 Å². The smallest absolute Gasteiger partial charge is 0.410 e. The predicted octanol–water partition coefficient (Wildman–Crippen LogP) is 0.428. The van der Waals surface area contributed by atoms with Crippen molar-refractivity contribution in [1.82, 2.24) is 15.1 Å². The summed E-state index contributed by atoms with van der Waals surface area (Å²) in [5.74, 6) is 0.0985. The van der Waals surface area contributed by atoms with Crippen molar-refractivity contribution in [2.45, 2.75) is 38.3 Å². The molecule has 1 spiro atoms. The molecular formula is C13H23N3O3. The van der Waals surface area contributed by atoms with Crippen molar-refractivity contribution in [2.24, 2.45) is 0 Å². The Morgan fingerprint density at radius 3 is 2.63 bits per heavy atom. The Hall–Kier alpha value is -1.30. The highest BCUT2D eigenvalue weighted by Crippen LogP contribution is 2.26. The van der Waals surface area contributed by atoms with Gasteiger partial charge in [0.2, 0.25) is 5.91 Å². The predicted molar refractivity (Wildman–Crippen MR) is 70.8 cm³/mol. The van der Waals surface area contributed by atoms with E-state index < -0.39 is 5.60 Å². The molecule has 0 aliphatic carbocycles. The van der Waals surface area contributed by atoms with Crippen molar-refractivity contribution >= 4 is 12.0 Å². The zero-order valence-electron chi connectivity index (χ0n) is 12.2. The molecule has 2 aliphatic heterocycles. The standard InChI is InChI=1S/C13H23N3O3/c1-12(2,3)19-11(18)16-6-5-13(9-16)8-15(4)10(17)7-14-13/h14H,5-9H2,1-4H3. The lowest BCUT2D eigenvalue weighted by molar-refractivity contribution is -0.133. The summed E-state index contributed by atoms with van der Waals surface area (Å²) >= 11 is 0. The second-order valence-electron chi connectivity index (χ2n) is 6.54. The van der Waals surface area contributed by atoms with E-state index in [2.05, 4.69) is 5.32 Å². The van der Waals surface area contributed by atoms with E-state index in [0.717, 1.165) is 6.42 Å². The second kappa shape index (κ2) is 4.67. The third kappa shape index (κ3) is 3.18. The van der Waals surface area contributed by atoms with Gasteiger partial charge in [0.05, 0.1) is 12.1 Å². The van der Waals surface area contributed by atoms with Gasteiger partial charge in [0, 0.05) is 26.7 Å². The van der Waals surface area contributed by atoms with Crippen molar-refractivity contribution in [2.75, 3.05) is 33.2 Å². The van der Waals surface area contributed by atoms with Gasteiger partial charge in [-0.25, -0.2) is 4.79 Å². The molecule has 6 heteroatoms. The number of hydrogen-bond acceptors (Lipinski definition) is 4.